The summed E-state index contributed by atoms with van der Waals surface area (Å²) in [5, 5.41) is 2.10. The van der Waals surface area contributed by atoms with Crippen LogP contribution in [0, 0.1) is 11.8 Å². The summed E-state index contributed by atoms with van der Waals surface area (Å²) in [4.78, 5) is 3.80. The zero-order chi connectivity index (χ0) is 13.0. The molecule has 1 aromatic heterocycles. The average Bonchev–Trinajstić information content (AvgIpc) is 2.79. The van der Waals surface area contributed by atoms with E-state index in [4.69, 9.17) is 10.5 Å². The molecule has 2 unspecified atom stereocenters. The number of hydrogen-bond acceptors (Lipinski definition) is 4. The van der Waals surface area contributed by atoms with Crippen LogP contribution in [-0.2, 0) is 11.3 Å². The average molecular weight is 264 g/mol. The van der Waals surface area contributed by atoms with Crippen molar-refractivity contribution >= 4 is 11.3 Å². The zero-order valence-electron chi connectivity index (χ0n) is 11.0. The monoisotopic (exact) mass is 264 g/mol. The highest BCUT2D eigenvalue weighted by Crippen LogP contribution is 2.21. The second kappa shape index (κ2) is 6.35. The highest BCUT2D eigenvalue weighted by atomic mass is 32.1. The number of morpholine rings is 1. The lowest BCUT2D eigenvalue weighted by Gasteiger charge is -2.36. The maximum absolute atomic E-state index is 5.65. The predicted molar refractivity (Wildman–Crippen MR) is 75.5 cm³/mol. The van der Waals surface area contributed by atoms with Gasteiger partial charge in [0, 0.05) is 29.6 Å². The number of nitrogens with two attached hydrogens (primary N) is 1. The standard InChI is InChI=1S/C14H20N2OS/c1-11-10-17-12(2)8-16(11)9-14-13(4-3-6-15)5-7-18-14/h5,7,11-12H,6,8-10,15H2,1-2H3. The minimum Gasteiger partial charge on any atom is -0.376 e. The van der Waals surface area contributed by atoms with Crippen LogP contribution in [0.4, 0.5) is 0 Å². The highest BCUT2D eigenvalue weighted by molar-refractivity contribution is 7.10. The van der Waals surface area contributed by atoms with E-state index in [1.54, 1.807) is 11.3 Å². The largest absolute Gasteiger partial charge is 0.376 e. The highest BCUT2D eigenvalue weighted by Gasteiger charge is 2.24. The second-order valence-corrected chi connectivity index (χ2v) is 5.69. The van der Waals surface area contributed by atoms with Gasteiger partial charge >= 0.3 is 0 Å². The Morgan fingerprint density at radius 1 is 1.56 bits per heavy atom. The van der Waals surface area contributed by atoms with E-state index in [2.05, 4.69) is 42.0 Å². The molecule has 2 rings (SSSR count). The molecule has 1 fully saturated rings. The van der Waals surface area contributed by atoms with E-state index in [1.807, 2.05) is 0 Å². The summed E-state index contributed by atoms with van der Waals surface area (Å²) in [6, 6.07) is 2.55. The van der Waals surface area contributed by atoms with Gasteiger partial charge in [0.05, 0.1) is 19.3 Å². The number of ether oxygens (including phenoxy) is 1. The van der Waals surface area contributed by atoms with Gasteiger partial charge in [-0.1, -0.05) is 11.8 Å². The summed E-state index contributed by atoms with van der Waals surface area (Å²) >= 11 is 1.77. The molecule has 1 aliphatic heterocycles. The Hall–Kier alpha value is -0.860. The van der Waals surface area contributed by atoms with Crippen LogP contribution in [0.2, 0.25) is 0 Å². The van der Waals surface area contributed by atoms with Crippen LogP contribution in [0.25, 0.3) is 0 Å². The Labute approximate surface area is 113 Å². The Kier molecular flexibility index (Phi) is 4.79. The van der Waals surface area contributed by atoms with Gasteiger partial charge in [-0.05, 0) is 25.3 Å². The fourth-order valence-electron chi connectivity index (χ4n) is 2.10. The van der Waals surface area contributed by atoms with Crippen LogP contribution in [0.3, 0.4) is 0 Å². The molecule has 1 aromatic rings. The quantitative estimate of drug-likeness (QED) is 0.826. The molecule has 1 saturated heterocycles. The van der Waals surface area contributed by atoms with Crippen molar-refractivity contribution in [3.63, 3.8) is 0 Å². The first kappa shape index (κ1) is 13.6. The van der Waals surface area contributed by atoms with Crippen molar-refractivity contribution in [1.82, 2.24) is 4.90 Å². The lowest BCUT2D eigenvalue weighted by molar-refractivity contribution is -0.0523. The van der Waals surface area contributed by atoms with E-state index in [0.717, 1.165) is 25.3 Å². The molecule has 2 N–H and O–H groups in total. The molecule has 0 aromatic carbocycles. The van der Waals surface area contributed by atoms with Crippen LogP contribution in [-0.4, -0.2) is 36.7 Å². The molecule has 0 saturated carbocycles. The third-order valence-corrected chi connectivity index (χ3v) is 4.06. The van der Waals surface area contributed by atoms with Gasteiger partial charge in [-0.25, -0.2) is 0 Å². The number of rotatable bonds is 2. The maximum atomic E-state index is 5.65. The first-order chi connectivity index (χ1) is 8.70. The molecular formula is C14H20N2OS. The molecule has 0 spiro atoms. The van der Waals surface area contributed by atoms with E-state index in [0.29, 0.717) is 18.7 Å². The molecule has 4 heteroatoms. The van der Waals surface area contributed by atoms with E-state index in [-0.39, 0.29) is 0 Å². The molecule has 98 valence electrons. The van der Waals surface area contributed by atoms with Crippen LogP contribution in [0.1, 0.15) is 24.3 Å². The van der Waals surface area contributed by atoms with Crippen molar-refractivity contribution in [3.8, 4) is 11.8 Å². The topological polar surface area (TPSA) is 38.5 Å². The van der Waals surface area contributed by atoms with E-state index < -0.39 is 0 Å². The van der Waals surface area contributed by atoms with Gasteiger partial charge in [0.1, 0.15) is 0 Å². The van der Waals surface area contributed by atoms with Crippen molar-refractivity contribution in [2.75, 3.05) is 19.7 Å². The molecule has 18 heavy (non-hydrogen) atoms. The zero-order valence-corrected chi connectivity index (χ0v) is 11.8. The van der Waals surface area contributed by atoms with Crippen LogP contribution >= 0.6 is 11.3 Å². The Morgan fingerprint density at radius 3 is 3.17 bits per heavy atom. The summed E-state index contributed by atoms with van der Waals surface area (Å²) in [6.07, 6.45) is 0.319. The second-order valence-electron chi connectivity index (χ2n) is 4.69. The third-order valence-electron chi connectivity index (χ3n) is 3.15. The third kappa shape index (κ3) is 3.33. The lowest BCUT2D eigenvalue weighted by Crippen LogP contribution is -2.46. The van der Waals surface area contributed by atoms with Gasteiger partial charge in [0.2, 0.25) is 0 Å². The lowest BCUT2D eigenvalue weighted by atomic mass is 10.2. The van der Waals surface area contributed by atoms with Gasteiger partial charge in [0.25, 0.3) is 0 Å². The molecule has 3 nitrogen and oxygen atoms in total. The molecule has 0 aliphatic carbocycles. The van der Waals surface area contributed by atoms with Crippen molar-refractivity contribution < 1.29 is 4.74 Å². The molecule has 2 heterocycles. The van der Waals surface area contributed by atoms with E-state index >= 15 is 0 Å². The maximum Gasteiger partial charge on any atom is 0.0674 e. The SMILES string of the molecule is CC1CN(Cc2sccc2C#CCN)C(C)CO1. The molecule has 0 radical (unpaired) electrons. The summed E-state index contributed by atoms with van der Waals surface area (Å²) in [6.45, 7) is 7.52. The predicted octanol–water partition coefficient (Wildman–Crippen LogP) is 1.67. The molecular weight excluding hydrogens is 244 g/mol. The van der Waals surface area contributed by atoms with Gasteiger partial charge in [0.15, 0.2) is 0 Å². The summed E-state index contributed by atoms with van der Waals surface area (Å²) in [5.74, 6) is 6.08. The molecule has 1 aliphatic rings. The first-order valence-corrected chi connectivity index (χ1v) is 7.19. The van der Waals surface area contributed by atoms with Gasteiger partial charge in [-0.15, -0.1) is 11.3 Å². The molecule has 0 bridgehead atoms. The normalized spacial score (nSPS) is 24.6. The van der Waals surface area contributed by atoms with Crippen LogP contribution < -0.4 is 5.73 Å². The summed E-state index contributed by atoms with van der Waals surface area (Å²) in [7, 11) is 0. The van der Waals surface area contributed by atoms with Crippen molar-refractivity contribution in [1.29, 1.82) is 0 Å². The number of thiophene rings is 1. The Morgan fingerprint density at radius 2 is 2.39 bits per heavy atom. The number of nitrogens with zero attached hydrogens (tertiary/aromatic N) is 1. The van der Waals surface area contributed by atoms with Gasteiger partial charge in [-0.3, -0.25) is 4.90 Å². The molecule has 2 atom stereocenters. The van der Waals surface area contributed by atoms with Crippen molar-refractivity contribution in [2.24, 2.45) is 5.73 Å². The van der Waals surface area contributed by atoms with Crippen LogP contribution in [0.5, 0.6) is 0 Å². The molecule has 0 amide bonds. The van der Waals surface area contributed by atoms with Crippen molar-refractivity contribution in [3.05, 3.63) is 21.9 Å². The minimum absolute atomic E-state index is 0.319. The summed E-state index contributed by atoms with van der Waals surface area (Å²) < 4.78 is 5.65. The van der Waals surface area contributed by atoms with Gasteiger partial charge in [-0.2, -0.15) is 0 Å². The fourth-order valence-corrected chi connectivity index (χ4v) is 2.95. The Balaban J connectivity index is 2.06. The minimum atomic E-state index is 0.319. The van der Waals surface area contributed by atoms with Crippen LogP contribution in [0.15, 0.2) is 11.4 Å². The smallest absolute Gasteiger partial charge is 0.0674 e. The Bertz CT molecular complexity index is 446. The van der Waals surface area contributed by atoms with E-state index in [1.165, 1.54) is 4.88 Å². The summed E-state index contributed by atoms with van der Waals surface area (Å²) in [5.41, 5.74) is 6.54. The first-order valence-electron chi connectivity index (χ1n) is 6.31. The van der Waals surface area contributed by atoms with Crippen molar-refractivity contribution in [2.45, 2.75) is 32.5 Å². The van der Waals surface area contributed by atoms with E-state index in [9.17, 15) is 0 Å². The van der Waals surface area contributed by atoms with Gasteiger partial charge < -0.3 is 10.5 Å². The number of hydrogen-bond donors (Lipinski definition) is 1. The fraction of sp³-hybridized carbons (Fsp3) is 0.571.